The molecule has 0 heterocycles. The van der Waals surface area contributed by atoms with Gasteiger partial charge in [0.1, 0.15) is 0 Å². The average molecular weight is 223 g/mol. The molecule has 0 saturated carbocycles. The Morgan fingerprint density at radius 2 is 2.00 bits per heavy atom. The van der Waals surface area contributed by atoms with E-state index in [1.807, 2.05) is 37.3 Å². The van der Waals surface area contributed by atoms with Crippen LogP contribution in [0.4, 0.5) is 0 Å². The van der Waals surface area contributed by atoms with Crippen molar-refractivity contribution in [1.82, 2.24) is 0 Å². The first-order valence-corrected chi connectivity index (χ1v) is 5.58. The molecule has 0 aromatic heterocycles. The lowest BCUT2D eigenvalue weighted by molar-refractivity contribution is 0.0689. The molecule has 3 heteroatoms. The lowest BCUT2D eigenvalue weighted by Gasteiger charge is -2.33. The minimum Gasteiger partial charge on any atom is -0.395 e. The van der Waals surface area contributed by atoms with Gasteiger partial charge in [0.2, 0.25) is 0 Å². The molecule has 0 amide bonds. The van der Waals surface area contributed by atoms with E-state index in [4.69, 9.17) is 10.5 Å². The summed E-state index contributed by atoms with van der Waals surface area (Å²) in [6.07, 6.45) is 0.802. The number of nitrogens with two attached hydrogens (primary N) is 1. The lowest BCUT2D eigenvalue weighted by atomic mass is 9.77. The van der Waals surface area contributed by atoms with Crippen LogP contribution in [0.2, 0.25) is 0 Å². The molecule has 16 heavy (non-hydrogen) atoms. The molecule has 3 N–H and O–H groups in total. The summed E-state index contributed by atoms with van der Waals surface area (Å²) in [5, 5.41) is 9.64. The Bertz CT molecular complexity index is 296. The van der Waals surface area contributed by atoms with Gasteiger partial charge in [-0.2, -0.15) is 0 Å². The van der Waals surface area contributed by atoms with Crippen LogP contribution in [0.3, 0.4) is 0 Å². The van der Waals surface area contributed by atoms with Gasteiger partial charge in [-0.1, -0.05) is 30.3 Å². The molecule has 0 aliphatic heterocycles. The summed E-state index contributed by atoms with van der Waals surface area (Å²) in [5.74, 6) is 0. The predicted molar refractivity (Wildman–Crippen MR) is 65.3 cm³/mol. The SMILES string of the molecule is COC(C)CC(CN)(CO)c1ccccc1. The van der Waals surface area contributed by atoms with Gasteiger partial charge in [0.25, 0.3) is 0 Å². The Labute approximate surface area is 97.2 Å². The van der Waals surface area contributed by atoms with E-state index in [1.54, 1.807) is 7.11 Å². The van der Waals surface area contributed by atoms with Crippen molar-refractivity contribution in [2.24, 2.45) is 5.73 Å². The third kappa shape index (κ3) is 2.82. The maximum absolute atomic E-state index is 9.64. The van der Waals surface area contributed by atoms with Crippen LogP contribution < -0.4 is 5.73 Å². The molecule has 1 aromatic rings. The first kappa shape index (κ1) is 13.2. The summed E-state index contributed by atoms with van der Waals surface area (Å²) >= 11 is 0. The molecule has 0 spiro atoms. The summed E-state index contributed by atoms with van der Waals surface area (Å²) < 4.78 is 5.26. The third-order valence-corrected chi connectivity index (χ3v) is 3.16. The van der Waals surface area contributed by atoms with Gasteiger partial charge >= 0.3 is 0 Å². The van der Waals surface area contributed by atoms with Gasteiger partial charge in [0, 0.05) is 19.1 Å². The molecular weight excluding hydrogens is 202 g/mol. The maximum Gasteiger partial charge on any atom is 0.0553 e. The van der Waals surface area contributed by atoms with Crippen molar-refractivity contribution in [2.45, 2.75) is 24.9 Å². The average Bonchev–Trinajstić information content (AvgIpc) is 2.37. The van der Waals surface area contributed by atoms with E-state index < -0.39 is 5.41 Å². The highest BCUT2D eigenvalue weighted by Crippen LogP contribution is 2.28. The first-order chi connectivity index (χ1) is 7.68. The number of benzene rings is 1. The highest BCUT2D eigenvalue weighted by atomic mass is 16.5. The summed E-state index contributed by atoms with van der Waals surface area (Å²) in [6, 6.07) is 9.90. The highest BCUT2D eigenvalue weighted by molar-refractivity contribution is 5.26. The number of aliphatic hydroxyl groups is 1. The second-order valence-electron chi connectivity index (χ2n) is 4.26. The minimum absolute atomic E-state index is 0.0429. The lowest BCUT2D eigenvalue weighted by Crippen LogP contribution is -2.41. The Morgan fingerprint density at radius 3 is 2.44 bits per heavy atom. The highest BCUT2D eigenvalue weighted by Gasteiger charge is 2.31. The van der Waals surface area contributed by atoms with Gasteiger partial charge in [-0.25, -0.2) is 0 Å². The molecule has 0 radical (unpaired) electrons. The van der Waals surface area contributed by atoms with Crippen LogP contribution in [0.15, 0.2) is 30.3 Å². The normalized spacial score (nSPS) is 16.8. The minimum atomic E-state index is -0.392. The van der Waals surface area contributed by atoms with Crippen LogP contribution in [0, 0.1) is 0 Å². The summed E-state index contributed by atoms with van der Waals surface area (Å²) in [6.45, 7) is 2.45. The Balaban J connectivity index is 2.96. The smallest absolute Gasteiger partial charge is 0.0553 e. The van der Waals surface area contributed by atoms with Crippen molar-refractivity contribution in [3.05, 3.63) is 35.9 Å². The second kappa shape index (κ2) is 5.99. The van der Waals surface area contributed by atoms with Crippen molar-refractivity contribution in [3.63, 3.8) is 0 Å². The molecule has 0 saturated heterocycles. The van der Waals surface area contributed by atoms with Crippen molar-refractivity contribution in [2.75, 3.05) is 20.3 Å². The fraction of sp³-hybridized carbons (Fsp3) is 0.538. The molecule has 0 aliphatic carbocycles. The van der Waals surface area contributed by atoms with Crippen molar-refractivity contribution in [1.29, 1.82) is 0 Å². The number of rotatable bonds is 6. The quantitative estimate of drug-likeness (QED) is 0.764. The van der Waals surface area contributed by atoms with Gasteiger partial charge in [0.05, 0.1) is 12.7 Å². The van der Waals surface area contributed by atoms with Crippen LogP contribution in [0.1, 0.15) is 18.9 Å². The topological polar surface area (TPSA) is 55.5 Å². The number of ether oxygens (including phenoxy) is 1. The maximum atomic E-state index is 9.64. The molecule has 90 valence electrons. The first-order valence-electron chi connectivity index (χ1n) is 5.58. The van der Waals surface area contributed by atoms with E-state index in [-0.39, 0.29) is 12.7 Å². The van der Waals surface area contributed by atoms with Crippen LogP contribution in [-0.2, 0) is 10.2 Å². The van der Waals surface area contributed by atoms with Crippen LogP contribution in [-0.4, -0.2) is 31.5 Å². The number of hydrogen-bond donors (Lipinski definition) is 2. The van der Waals surface area contributed by atoms with E-state index in [0.717, 1.165) is 12.0 Å². The van der Waals surface area contributed by atoms with E-state index in [2.05, 4.69) is 0 Å². The molecule has 3 nitrogen and oxygen atoms in total. The zero-order chi connectivity index (χ0) is 12.0. The van der Waals surface area contributed by atoms with Gasteiger partial charge < -0.3 is 15.6 Å². The zero-order valence-corrected chi connectivity index (χ0v) is 10.0. The molecule has 0 bridgehead atoms. The van der Waals surface area contributed by atoms with E-state index in [9.17, 15) is 5.11 Å². The van der Waals surface area contributed by atoms with Gasteiger partial charge in [-0.15, -0.1) is 0 Å². The van der Waals surface area contributed by atoms with Crippen LogP contribution >= 0.6 is 0 Å². The standard InChI is InChI=1S/C13H21NO2/c1-11(16-2)8-13(9-14,10-15)12-6-4-3-5-7-12/h3-7,11,15H,8-10,14H2,1-2H3. The fourth-order valence-corrected chi connectivity index (χ4v) is 1.96. The molecule has 2 atom stereocenters. The molecule has 2 unspecified atom stereocenters. The third-order valence-electron chi connectivity index (χ3n) is 3.16. The van der Waals surface area contributed by atoms with Crippen molar-refractivity contribution < 1.29 is 9.84 Å². The molecule has 0 fully saturated rings. The van der Waals surface area contributed by atoms with Crippen LogP contribution in [0.5, 0.6) is 0 Å². The Kier molecular flexibility index (Phi) is 4.93. The second-order valence-corrected chi connectivity index (χ2v) is 4.26. The Hall–Kier alpha value is -0.900. The Morgan fingerprint density at radius 1 is 1.38 bits per heavy atom. The van der Waals surface area contributed by atoms with Crippen molar-refractivity contribution >= 4 is 0 Å². The fourth-order valence-electron chi connectivity index (χ4n) is 1.96. The van der Waals surface area contributed by atoms with Crippen LogP contribution in [0.25, 0.3) is 0 Å². The van der Waals surface area contributed by atoms with Gasteiger partial charge in [-0.05, 0) is 18.9 Å². The predicted octanol–water partition coefficient (Wildman–Crippen LogP) is 1.30. The summed E-state index contributed by atoms with van der Waals surface area (Å²) in [5.41, 5.74) is 6.52. The van der Waals surface area contributed by atoms with E-state index in [1.165, 1.54) is 0 Å². The number of hydrogen-bond acceptors (Lipinski definition) is 3. The number of methoxy groups -OCH3 is 1. The van der Waals surface area contributed by atoms with E-state index >= 15 is 0 Å². The molecular formula is C13H21NO2. The molecule has 1 rings (SSSR count). The van der Waals surface area contributed by atoms with E-state index in [0.29, 0.717) is 6.54 Å². The monoisotopic (exact) mass is 223 g/mol. The molecule has 1 aromatic carbocycles. The summed E-state index contributed by atoms with van der Waals surface area (Å²) in [4.78, 5) is 0. The van der Waals surface area contributed by atoms with Crippen molar-refractivity contribution in [3.8, 4) is 0 Å². The van der Waals surface area contributed by atoms with Gasteiger partial charge in [0.15, 0.2) is 0 Å². The molecule has 0 aliphatic rings. The zero-order valence-electron chi connectivity index (χ0n) is 10.0. The largest absolute Gasteiger partial charge is 0.395 e. The summed E-state index contributed by atoms with van der Waals surface area (Å²) in [7, 11) is 1.67. The van der Waals surface area contributed by atoms with Gasteiger partial charge in [-0.3, -0.25) is 0 Å². The number of aliphatic hydroxyl groups excluding tert-OH is 1.